The van der Waals surface area contributed by atoms with Crippen molar-refractivity contribution in [3.63, 3.8) is 0 Å². The third kappa shape index (κ3) is 3.71. The Morgan fingerprint density at radius 1 is 1.26 bits per heavy atom. The summed E-state index contributed by atoms with van der Waals surface area (Å²) in [5, 5.41) is 0. The molecule has 4 nitrogen and oxygen atoms in total. The molecule has 0 aliphatic rings. The Morgan fingerprint density at radius 3 is 2.78 bits per heavy atom. The quantitative estimate of drug-likeness (QED) is 0.675. The lowest BCUT2D eigenvalue weighted by molar-refractivity contribution is -0.120. The monoisotopic (exact) mass is 390 g/mol. The number of aryl methyl sites for hydroxylation is 1. The van der Waals surface area contributed by atoms with Crippen LogP contribution in [0.1, 0.15) is 6.92 Å². The lowest BCUT2D eigenvalue weighted by Crippen LogP contribution is -2.18. The second-order valence-electron chi connectivity index (χ2n) is 4.85. The lowest BCUT2D eigenvalue weighted by atomic mass is 10.3. The number of hydrogen-bond acceptors (Lipinski definition) is 3. The first-order valence-corrected chi connectivity index (χ1v) is 8.82. The topological polar surface area (TPSA) is 43.6 Å². The zero-order valence-corrected chi connectivity index (χ0v) is 14.9. The van der Waals surface area contributed by atoms with Gasteiger partial charge in [0.15, 0.2) is 11.4 Å². The third-order valence-corrected chi connectivity index (χ3v) is 4.82. The summed E-state index contributed by atoms with van der Waals surface area (Å²) in [6.45, 7) is 2.73. The molecule has 0 saturated carbocycles. The highest BCUT2D eigenvalue weighted by Crippen LogP contribution is 2.22. The van der Waals surface area contributed by atoms with Crippen molar-refractivity contribution in [2.24, 2.45) is 4.99 Å². The van der Waals surface area contributed by atoms with Crippen LogP contribution in [-0.2, 0) is 11.3 Å². The highest BCUT2D eigenvalue weighted by atomic mass is 79.9. The van der Waals surface area contributed by atoms with Crippen molar-refractivity contribution in [1.29, 1.82) is 0 Å². The van der Waals surface area contributed by atoms with E-state index < -0.39 is 0 Å². The average Bonchev–Trinajstić information content (AvgIpc) is 2.89. The second-order valence-corrected chi connectivity index (χ2v) is 6.77. The number of carbonyl (C=O) groups excluding carboxylic acids is 1. The van der Waals surface area contributed by atoms with E-state index in [1.807, 2.05) is 60.0 Å². The zero-order chi connectivity index (χ0) is 16.2. The highest BCUT2D eigenvalue weighted by Gasteiger charge is 2.07. The number of hydrogen-bond donors (Lipinski definition) is 0. The van der Waals surface area contributed by atoms with Crippen molar-refractivity contribution in [3.05, 3.63) is 57.8 Å². The minimum absolute atomic E-state index is 0.0638. The first-order valence-electron chi connectivity index (χ1n) is 7.21. The molecule has 0 aliphatic heterocycles. The number of benzene rings is 2. The van der Waals surface area contributed by atoms with Crippen LogP contribution in [0.4, 0.5) is 0 Å². The molecule has 1 heterocycles. The first-order chi connectivity index (χ1) is 11.2. The average molecular weight is 391 g/mol. The summed E-state index contributed by atoms with van der Waals surface area (Å²) in [4.78, 5) is 17.0. The number of nitrogens with zero attached hydrogens (tertiary/aromatic N) is 2. The van der Waals surface area contributed by atoms with Gasteiger partial charge in [0.1, 0.15) is 5.75 Å². The van der Waals surface area contributed by atoms with E-state index in [9.17, 15) is 4.79 Å². The molecule has 23 heavy (non-hydrogen) atoms. The van der Waals surface area contributed by atoms with E-state index in [-0.39, 0.29) is 12.5 Å². The van der Waals surface area contributed by atoms with E-state index in [0.29, 0.717) is 10.6 Å². The highest BCUT2D eigenvalue weighted by molar-refractivity contribution is 9.10. The van der Waals surface area contributed by atoms with Gasteiger partial charge in [0, 0.05) is 11.0 Å². The number of ether oxygens (including phenoxy) is 1. The second kappa shape index (κ2) is 7.10. The normalized spacial score (nSPS) is 11.8. The van der Waals surface area contributed by atoms with Gasteiger partial charge in [-0.2, -0.15) is 4.99 Å². The van der Waals surface area contributed by atoms with Gasteiger partial charge in [-0.25, -0.2) is 0 Å². The van der Waals surface area contributed by atoms with Crippen LogP contribution in [0.2, 0.25) is 0 Å². The van der Waals surface area contributed by atoms with Crippen LogP contribution in [0.25, 0.3) is 10.2 Å². The SMILES string of the molecule is CCn1c(=NC(=O)COc2ccccc2)sc2cc(Br)ccc21. The standard InChI is InChI=1S/C17H15BrN2O2S/c1-2-20-14-9-8-12(18)10-15(14)23-17(20)19-16(21)11-22-13-6-4-3-5-7-13/h3-10H,2,11H2,1H3. The Morgan fingerprint density at radius 2 is 2.04 bits per heavy atom. The fraction of sp³-hybridized carbons (Fsp3) is 0.176. The summed E-state index contributed by atoms with van der Waals surface area (Å²) < 4.78 is 9.59. The molecular formula is C17H15BrN2O2S. The van der Waals surface area contributed by atoms with Crippen LogP contribution in [-0.4, -0.2) is 17.1 Å². The van der Waals surface area contributed by atoms with E-state index in [4.69, 9.17) is 4.74 Å². The number of amides is 1. The largest absolute Gasteiger partial charge is 0.484 e. The van der Waals surface area contributed by atoms with Gasteiger partial charge in [-0.1, -0.05) is 45.5 Å². The molecule has 0 unspecified atom stereocenters. The number of carbonyl (C=O) groups is 1. The summed E-state index contributed by atoms with van der Waals surface area (Å²) in [7, 11) is 0. The van der Waals surface area contributed by atoms with E-state index in [1.165, 1.54) is 11.3 Å². The van der Waals surface area contributed by atoms with Gasteiger partial charge in [-0.05, 0) is 37.3 Å². The molecule has 1 amide bonds. The van der Waals surface area contributed by atoms with Crippen molar-refractivity contribution < 1.29 is 9.53 Å². The van der Waals surface area contributed by atoms with Crippen molar-refractivity contribution in [3.8, 4) is 5.75 Å². The molecule has 0 atom stereocenters. The summed E-state index contributed by atoms with van der Waals surface area (Å²) in [5.41, 5.74) is 1.08. The number of aromatic nitrogens is 1. The molecular weight excluding hydrogens is 376 g/mol. The van der Waals surface area contributed by atoms with Gasteiger partial charge in [-0.15, -0.1) is 0 Å². The Labute approximate surface area is 146 Å². The molecule has 1 aromatic heterocycles. The third-order valence-electron chi connectivity index (χ3n) is 3.29. The number of thiazole rings is 1. The van der Waals surface area contributed by atoms with Crippen LogP contribution in [0, 0.1) is 0 Å². The van der Waals surface area contributed by atoms with E-state index in [1.54, 1.807) is 0 Å². The molecule has 2 aromatic carbocycles. The zero-order valence-electron chi connectivity index (χ0n) is 12.5. The molecule has 118 valence electrons. The molecule has 0 radical (unpaired) electrons. The van der Waals surface area contributed by atoms with Crippen LogP contribution in [0.5, 0.6) is 5.75 Å². The van der Waals surface area contributed by atoms with E-state index >= 15 is 0 Å². The van der Waals surface area contributed by atoms with E-state index in [2.05, 4.69) is 20.9 Å². The molecule has 3 rings (SSSR count). The molecule has 3 aromatic rings. The Bertz CT molecular complexity index is 900. The van der Waals surface area contributed by atoms with Gasteiger partial charge in [0.2, 0.25) is 0 Å². The van der Waals surface area contributed by atoms with Gasteiger partial charge in [-0.3, -0.25) is 4.79 Å². The van der Waals surface area contributed by atoms with Gasteiger partial charge in [0.05, 0.1) is 10.2 Å². The lowest BCUT2D eigenvalue weighted by Gasteiger charge is -2.02. The van der Waals surface area contributed by atoms with Crippen molar-refractivity contribution in [1.82, 2.24) is 4.57 Å². The Kier molecular flexibility index (Phi) is 4.93. The fourth-order valence-corrected chi connectivity index (χ4v) is 3.90. The van der Waals surface area contributed by atoms with Crippen molar-refractivity contribution in [2.75, 3.05) is 6.61 Å². The van der Waals surface area contributed by atoms with Crippen molar-refractivity contribution >= 4 is 43.4 Å². The van der Waals surface area contributed by atoms with Gasteiger partial charge < -0.3 is 9.30 Å². The molecule has 0 saturated heterocycles. The number of rotatable bonds is 4. The number of para-hydroxylation sites is 1. The number of fused-ring (bicyclic) bond motifs is 1. The predicted molar refractivity (Wildman–Crippen MR) is 95.7 cm³/mol. The molecule has 0 spiro atoms. The maximum absolute atomic E-state index is 12.1. The van der Waals surface area contributed by atoms with E-state index in [0.717, 1.165) is 21.2 Å². The molecule has 0 aliphatic carbocycles. The van der Waals surface area contributed by atoms with Crippen LogP contribution >= 0.6 is 27.3 Å². The van der Waals surface area contributed by atoms with Gasteiger partial charge in [0.25, 0.3) is 5.91 Å². The summed E-state index contributed by atoms with van der Waals surface area (Å²) in [6, 6.07) is 15.3. The minimum Gasteiger partial charge on any atom is -0.484 e. The smallest absolute Gasteiger partial charge is 0.286 e. The fourth-order valence-electron chi connectivity index (χ4n) is 2.24. The first kappa shape index (κ1) is 16.0. The molecule has 6 heteroatoms. The summed E-state index contributed by atoms with van der Waals surface area (Å²) in [5.74, 6) is 0.376. The van der Waals surface area contributed by atoms with Crippen molar-refractivity contribution in [2.45, 2.75) is 13.5 Å². The molecule has 0 bridgehead atoms. The summed E-state index contributed by atoms with van der Waals surface area (Å²) in [6.07, 6.45) is 0. The molecule has 0 fully saturated rings. The minimum atomic E-state index is -0.290. The maximum Gasteiger partial charge on any atom is 0.286 e. The van der Waals surface area contributed by atoms with Crippen LogP contribution in [0.3, 0.4) is 0 Å². The maximum atomic E-state index is 12.1. The molecule has 0 N–H and O–H groups in total. The van der Waals surface area contributed by atoms with Crippen LogP contribution in [0.15, 0.2) is 58.0 Å². The summed E-state index contributed by atoms with van der Waals surface area (Å²) >= 11 is 4.97. The van der Waals surface area contributed by atoms with Gasteiger partial charge >= 0.3 is 0 Å². The van der Waals surface area contributed by atoms with Crippen LogP contribution < -0.4 is 9.54 Å². The number of halogens is 1. The predicted octanol–water partition coefficient (Wildman–Crippen LogP) is 3.99. The Hall–Kier alpha value is -1.92. The Balaban J connectivity index is 1.86.